The number of hydrogen-bond donors (Lipinski definition) is 1. The molecule has 0 aromatic heterocycles. The van der Waals surface area contributed by atoms with Gasteiger partial charge in [-0.1, -0.05) is 17.7 Å². The van der Waals surface area contributed by atoms with Gasteiger partial charge in [-0.05, 0) is 62.8 Å². The lowest BCUT2D eigenvalue weighted by Crippen LogP contribution is -2.27. The summed E-state index contributed by atoms with van der Waals surface area (Å²) in [4.78, 5) is 0. The zero-order valence-corrected chi connectivity index (χ0v) is 10.9. The van der Waals surface area contributed by atoms with Gasteiger partial charge in [0.15, 0.2) is 0 Å². The van der Waals surface area contributed by atoms with Crippen molar-refractivity contribution < 1.29 is 4.39 Å². The van der Waals surface area contributed by atoms with E-state index >= 15 is 0 Å². The second-order valence-corrected chi connectivity index (χ2v) is 5.28. The molecule has 1 N–H and O–H groups in total. The Hall–Kier alpha value is -0.600. The average molecular weight is 256 g/mol. The number of benzene rings is 1. The van der Waals surface area contributed by atoms with Gasteiger partial charge in [-0.25, -0.2) is 4.39 Å². The van der Waals surface area contributed by atoms with Gasteiger partial charge in [0, 0.05) is 6.04 Å². The number of nitrogens with one attached hydrogen (secondary N) is 1. The topological polar surface area (TPSA) is 12.0 Å². The first kappa shape index (κ1) is 12.8. The fourth-order valence-electron chi connectivity index (χ4n) is 2.34. The van der Waals surface area contributed by atoms with Gasteiger partial charge in [-0.15, -0.1) is 0 Å². The third-order valence-corrected chi connectivity index (χ3v) is 3.83. The fourth-order valence-corrected chi connectivity index (χ4v) is 2.45. The van der Waals surface area contributed by atoms with E-state index in [2.05, 4.69) is 5.32 Å². The molecule has 2 rings (SSSR count). The van der Waals surface area contributed by atoms with E-state index in [0.29, 0.717) is 6.04 Å². The second-order valence-electron chi connectivity index (χ2n) is 4.87. The Morgan fingerprint density at radius 3 is 2.82 bits per heavy atom. The molecule has 0 bridgehead atoms. The minimum absolute atomic E-state index is 0.208. The molecule has 3 heteroatoms. The molecule has 0 heterocycles. The summed E-state index contributed by atoms with van der Waals surface area (Å²) in [6.07, 6.45) is 5.93. The zero-order valence-electron chi connectivity index (χ0n) is 10.2. The summed E-state index contributed by atoms with van der Waals surface area (Å²) in [5, 5.41) is 3.58. The van der Waals surface area contributed by atoms with Crippen molar-refractivity contribution in [2.75, 3.05) is 7.05 Å². The summed E-state index contributed by atoms with van der Waals surface area (Å²) in [7, 11) is 2.03. The van der Waals surface area contributed by atoms with Crippen LogP contribution in [0.25, 0.3) is 0 Å². The van der Waals surface area contributed by atoms with Crippen LogP contribution in [0.2, 0.25) is 5.02 Å². The molecule has 1 aliphatic rings. The maximum absolute atomic E-state index is 13.2. The van der Waals surface area contributed by atoms with Crippen LogP contribution in [0.15, 0.2) is 18.2 Å². The Labute approximate surface area is 107 Å². The van der Waals surface area contributed by atoms with Crippen LogP contribution >= 0.6 is 11.6 Å². The summed E-state index contributed by atoms with van der Waals surface area (Å²) in [5.41, 5.74) is 1.04. The number of rotatable bonds is 6. The van der Waals surface area contributed by atoms with Gasteiger partial charge in [0.05, 0.1) is 5.02 Å². The predicted octanol–water partition coefficient (Wildman–Crippen LogP) is 3.80. The second kappa shape index (κ2) is 5.83. The lowest BCUT2D eigenvalue weighted by molar-refractivity contribution is 0.456. The van der Waals surface area contributed by atoms with Crippen LogP contribution in [-0.4, -0.2) is 13.1 Å². The molecule has 1 saturated carbocycles. The van der Waals surface area contributed by atoms with E-state index in [1.807, 2.05) is 13.1 Å². The quantitative estimate of drug-likeness (QED) is 0.815. The average Bonchev–Trinajstić information content (AvgIpc) is 3.13. The van der Waals surface area contributed by atoms with Crippen molar-refractivity contribution >= 4 is 11.6 Å². The highest BCUT2D eigenvalue weighted by Gasteiger charge is 2.29. The van der Waals surface area contributed by atoms with Crippen molar-refractivity contribution in [2.24, 2.45) is 5.92 Å². The first-order chi connectivity index (χ1) is 8.20. The molecule has 1 fully saturated rings. The van der Waals surface area contributed by atoms with Crippen molar-refractivity contribution in [1.29, 1.82) is 0 Å². The summed E-state index contributed by atoms with van der Waals surface area (Å²) in [6.45, 7) is 0. The lowest BCUT2D eigenvalue weighted by atomic mass is 10.0. The van der Waals surface area contributed by atoms with E-state index in [1.54, 1.807) is 12.1 Å². The van der Waals surface area contributed by atoms with Crippen molar-refractivity contribution in [3.8, 4) is 0 Å². The Morgan fingerprint density at radius 1 is 1.47 bits per heavy atom. The highest BCUT2D eigenvalue weighted by molar-refractivity contribution is 6.30. The molecular weight excluding hydrogens is 237 g/mol. The van der Waals surface area contributed by atoms with E-state index in [0.717, 1.165) is 24.3 Å². The first-order valence-electron chi connectivity index (χ1n) is 6.32. The molecular formula is C14H19ClFN. The van der Waals surface area contributed by atoms with Gasteiger partial charge in [-0.2, -0.15) is 0 Å². The van der Waals surface area contributed by atoms with Crippen molar-refractivity contribution in [2.45, 2.75) is 38.1 Å². The maximum Gasteiger partial charge on any atom is 0.142 e. The van der Waals surface area contributed by atoms with Gasteiger partial charge in [-0.3, -0.25) is 0 Å². The standard InChI is InChI=1S/C14H19ClFN/c1-17-14(11-6-7-11)4-2-3-10-5-8-12(15)13(16)9-10/h5,8-9,11,14,17H,2-4,6-7H2,1H3. The normalized spacial score (nSPS) is 17.1. The summed E-state index contributed by atoms with van der Waals surface area (Å²) >= 11 is 5.65. The molecule has 0 radical (unpaired) electrons. The molecule has 0 aliphatic heterocycles. The van der Waals surface area contributed by atoms with Crippen LogP contribution in [0.5, 0.6) is 0 Å². The zero-order chi connectivity index (χ0) is 12.3. The minimum Gasteiger partial charge on any atom is -0.317 e. The van der Waals surface area contributed by atoms with E-state index in [-0.39, 0.29) is 10.8 Å². The Bertz CT molecular complexity index is 376. The smallest absolute Gasteiger partial charge is 0.142 e. The van der Waals surface area contributed by atoms with Gasteiger partial charge < -0.3 is 5.32 Å². The molecule has 0 saturated heterocycles. The third kappa shape index (κ3) is 3.68. The Balaban J connectivity index is 1.78. The molecule has 1 aromatic rings. The van der Waals surface area contributed by atoms with Crippen molar-refractivity contribution in [1.82, 2.24) is 5.32 Å². The number of halogens is 2. The summed E-state index contributed by atoms with van der Waals surface area (Å²) in [5.74, 6) is 0.568. The van der Waals surface area contributed by atoms with Crippen LogP contribution in [0.1, 0.15) is 31.2 Å². The lowest BCUT2D eigenvalue weighted by Gasteiger charge is -2.14. The molecule has 0 amide bonds. The van der Waals surface area contributed by atoms with Gasteiger partial charge in [0.2, 0.25) is 0 Å². The van der Waals surface area contributed by atoms with Crippen LogP contribution in [-0.2, 0) is 6.42 Å². The number of aryl methyl sites for hydroxylation is 1. The molecule has 1 aliphatic carbocycles. The van der Waals surface area contributed by atoms with Crippen LogP contribution in [0.3, 0.4) is 0 Å². The molecule has 1 unspecified atom stereocenters. The van der Waals surface area contributed by atoms with E-state index in [9.17, 15) is 4.39 Å². The number of hydrogen-bond acceptors (Lipinski definition) is 1. The van der Waals surface area contributed by atoms with Crippen LogP contribution in [0, 0.1) is 11.7 Å². The van der Waals surface area contributed by atoms with Gasteiger partial charge in [0.25, 0.3) is 0 Å². The SMILES string of the molecule is CNC(CCCc1ccc(Cl)c(F)c1)C1CC1. The predicted molar refractivity (Wildman–Crippen MR) is 69.9 cm³/mol. The third-order valence-electron chi connectivity index (χ3n) is 3.53. The van der Waals surface area contributed by atoms with E-state index < -0.39 is 0 Å². The maximum atomic E-state index is 13.2. The molecule has 1 nitrogen and oxygen atoms in total. The first-order valence-corrected chi connectivity index (χ1v) is 6.69. The monoisotopic (exact) mass is 255 g/mol. The summed E-state index contributed by atoms with van der Waals surface area (Å²) in [6, 6.07) is 5.75. The van der Waals surface area contributed by atoms with Gasteiger partial charge >= 0.3 is 0 Å². The highest BCUT2D eigenvalue weighted by Crippen LogP contribution is 2.34. The van der Waals surface area contributed by atoms with Gasteiger partial charge in [0.1, 0.15) is 5.82 Å². The van der Waals surface area contributed by atoms with Crippen LogP contribution < -0.4 is 5.32 Å². The molecule has 94 valence electrons. The summed E-state index contributed by atoms with van der Waals surface area (Å²) < 4.78 is 13.2. The Morgan fingerprint density at radius 2 is 2.24 bits per heavy atom. The molecule has 17 heavy (non-hydrogen) atoms. The fraction of sp³-hybridized carbons (Fsp3) is 0.571. The van der Waals surface area contributed by atoms with E-state index in [1.165, 1.54) is 19.3 Å². The molecule has 0 spiro atoms. The van der Waals surface area contributed by atoms with Crippen molar-refractivity contribution in [3.05, 3.63) is 34.6 Å². The Kier molecular flexibility index (Phi) is 4.41. The van der Waals surface area contributed by atoms with Crippen molar-refractivity contribution in [3.63, 3.8) is 0 Å². The highest BCUT2D eigenvalue weighted by atomic mass is 35.5. The van der Waals surface area contributed by atoms with E-state index in [4.69, 9.17) is 11.6 Å². The largest absolute Gasteiger partial charge is 0.317 e. The molecule has 1 aromatic carbocycles. The molecule has 1 atom stereocenters. The minimum atomic E-state index is -0.309. The van der Waals surface area contributed by atoms with Crippen LogP contribution in [0.4, 0.5) is 4.39 Å².